The molecule has 1 aromatic carbocycles. The molecule has 6 rings (SSSR count). The summed E-state index contributed by atoms with van der Waals surface area (Å²) in [6.07, 6.45) is 5.05. The Labute approximate surface area is 209 Å². The Balaban J connectivity index is 1.26. The molecule has 0 radical (unpaired) electrons. The summed E-state index contributed by atoms with van der Waals surface area (Å²) in [5.41, 5.74) is -0.589. The van der Waals surface area contributed by atoms with Crippen LogP contribution in [0.1, 0.15) is 43.2 Å². The van der Waals surface area contributed by atoms with Gasteiger partial charge in [0.05, 0.1) is 26.2 Å². The smallest absolute Gasteiger partial charge is 0.352 e. The van der Waals surface area contributed by atoms with Gasteiger partial charge in [0, 0.05) is 30.4 Å². The van der Waals surface area contributed by atoms with Crippen LogP contribution < -0.4 is 4.74 Å². The van der Waals surface area contributed by atoms with Crippen LogP contribution in [0.15, 0.2) is 64.0 Å². The van der Waals surface area contributed by atoms with Crippen LogP contribution in [0.5, 0.6) is 5.75 Å². The highest BCUT2D eigenvalue weighted by atomic mass is 32.1. The van der Waals surface area contributed by atoms with E-state index in [1.807, 2.05) is 64.0 Å². The van der Waals surface area contributed by atoms with Crippen molar-refractivity contribution < 1.29 is 23.9 Å². The number of carbonyl (C=O) groups excluding carboxylic acids is 1. The molecular formula is C27H32NO4S2+. The summed E-state index contributed by atoms with van der Waals surface area (Å²) in [5, 5.41) is 19.1. The van der Waals surface area contributed by atoms with Crippen LogP contribution in [0.4, 0.5) is 0 Å². The third kappa shape index (κ3) is 4.67. The highest BCUT2D eigenvalue weighted by Gasteiger charge is 2.52. The molecule has 7 heteroatoms. The molecule has 3 aliphatic rings. The number of aliphatic hydroxyl groups is 1. The molecule has 0 saturated carbocycles. The summed E-state index contributed by atoms with van der Waals surface area (Å²) < 4.78 is 12.9. The molecule has 0 aliphatic carbocycles. The maximum Gasteiger partial charge on any atom is 0.352 e. The monoisotopic (exact) mass is 498 g/mol. The molecule has 1 atom stereocenters. The van der Waals surface area contributed by atoms with Crippen LogP contribution in [-0.2, 0) is 15.1 Å². The second kappa shape index (κ2) is 10.2. The number of rotatable bonds is 10. The first-order valence-electron chi connectivity index (χ1n) is 12.1. The normalized spacial score (nSPS) is 24.1. The van der Waals surface area contributed by atoms with Gasteiger partial charge < -0.3 is 14.6 Å². The zero-order valence-electron chi connectivity index (χ0n) is 19.3. The van der Waals surface area contributed by atoms with Gasteiger partial charge in [-0.1, -0.05) is 18.2 Å². The number of benzene rings is 1. The van der Waals surface area contributed by atoms with E-state index < -0.39 is 11.6 Å². The first-order chi connectivity index (χ1) is 16.6. The number of hydrogen-bond acceptors (Lipinski definition) is 6. The molecular weight excluding hydrogens is 466 g/mol. The Hall–Kier alpha value is -2.19. The zero-order valence-corrected chi connectivity index (χ0v) is 20.9. The second-order valence-electron chi connectivity index (χ2n) is 9.53. The van der Waals surface area contributed by atoms with E-state index in [4.69, 9.17) is 9.47 Å². The van der Waals surface area contributed by atoms with Crippen molar-refractivity contribution >= 4 is 28.6 Å². The summed E-state index contributed by atoms with van der Waals surface area (Å²) in [6.45, 7) is 3.74. The molecule has 1 N–H and O–H groups in total. The van der Waals surface area contributed by atoms with Gasteiger partial charge in [0.1, 0.15) is 5.75 Å². The molecule has 5 nitrogen and oxygen atoms in total. The standard InChI is InChI=1S/C27H32NO4S2/c29-26(27(30,22-10-16-33-19-22)23-11-17-34-20-23)32-25-18-21-8-13-28(25,14-9-21)12-4-5-15-31-24-6-2-1-3-7-24/h1-3,6-7,10-11,16-17,19-21,25,30H,4-5,8-9,12-15,18H2/q+1/t21?,25-,28?/m1/s1. The number of ether oxygens (including phenoxy) is 2. The molecule has 0 unspecified atom stereocenters. The van der Waals surface area contributed by atoms with E-state index in [1.165, 1.54) is 35.5 Å². The van der Waals surface area contributed by atoms with Crippen molar-refractivity contribution in [1.29, 1.82) is 0 Å². The topological polar surface area (TPSA) is 55.8 Å². The number of hydrogen-bond donors (Lipinski definition) is 1. The fourth-order valence-electron chi connectivity index (χ4n) is 5.48. The van der Waals surface area contributed by atoms with Crippen molar-refractivity contribution in [3.8, 4) is 5.75 Å². The van der Waals surface area contributed by atoms with E-state index >= 15 is 0 Å². The van der Waals surface area contributed by atoms with Crippen LogP contribution in [0.25, 0.3) is 0 Å². The highest BCUT2D eigenvalue weighted by Crippen LogP contribution is 2.41. The summed E-state index contributed by atoms with van der Waals surface area (Å²) in [4.78, 5) is 13.6. The van der Waals surface area contributed by atoms with Gasteiger partial charge in [0.15, 0.2) is 0 Å². The molecule has 3 aromatic rings. The van der Waals surface area contributed by atoms with Gasteiger partial charge in [-0.2, -0.15) is 22.7 Å². The van der Waals surface area contributed by atoms with Crippen LogP contribution >= 0.6 is 22.7 Å². The van der Waals surface area contributed by atoms with E-state index in [9.17, 15) is 9.90 Å². The first kappa shape index (κ1) is 23.5. The van der Waals surface area contributed by atoms with Gasteiger partial charge >= 0.3 is 5.97 Å². The molecule has 3 fully saturated rings. The lowest BCUT2D eigenvalue weighted by atomic mass is 9.83. The van der Waals surface area contributed by atoms with Crippen LogP contribution in [-0.4, -0.2) is 48.0 Å². The molecule has 5 heterocycles. The van der Waals surface area contributed by atoms with Gasteiger partial charge in [0.2, 0.25) is 11.8 Å². The van der Waals surface area contributed by atoms with Crippen molar-refractivity contribution in [3.05, 3.63) is 75.1 Å². The second-order valence-corrected chi connectivity index (χ2v) is 11.1. The molecule has 0 spiro atoms. The van der Waals surface area contributed by atoms with Gasteiger partial charge in [-0.3, -0.25) is 4.48 Å². The van der Waals surface area contributed by atoms with E-state index in [0.29, 0.717) is 23.7 Å². The summed E-state index contributed by atoms with van der Waals surface area (Å²) >= 11 is 2.94. The van der Waals surface area contributed by atoms with E-state index in [-0.39, 0.29) is 6.23 Å². The number of piperidine rings is 3. The summed E-state index contributed by atoms with van der Waals surface area (Å²) in [7, 11) is 0. The number of nitrogens with zero attached hydrogens (tertiary/aromatic N) is 1. The van der Waals surface area contributed by atoms with Crippen molar-refractivity contribution in [3.63, 3.8) is 0 Å². The van der Waals surface area contributed by atoms with E-state index in [0.717, 1.165) is 49.1 Å². The third-order valence-electron chi connectivity index (χ3n) is 7.54. The number of carbonyl (C=O) groups is 1. The average Bonchev–Trinajstić information content (AvgIpc) is 3.60. The van der Waals surface area contributed by atoms with Gasteiger partial charge in [-0.05, 0) is 64.5 Å². The van der Waals surface area contributed by atoms with Crippen LogP contribution in [0.3, 0.4) is 0 Å². The minimum absolute atomic E-state index is 0.196. The molecule has 34 heavy (non-hydrogen) atoms. The molecule has 180 valence electrons. The zero-order chi connectivity index (χ0) is 23.4. The van der Waals surface area contributed by atoms with Crippen molar-refractivity contribution in [1.82, 2.24) is 0 Å². The third-order valence-corrected chi connectivity index (χ3v) is 8.90. The van der Waals surface area contributed by atoms with Crippen molar-refractivity contribution in [2.75, 3.05) is 26.2 Å². The Morgan fingerprint density at radius 3 is 2.29 bits per heavy atom. The van der Waals surface area contributed by atoms with Crippen LogP contribution in [0.2, 0.25) is 0 Å². The number of esters is 1. The van der Waals surface area contributed by atoms with Crippen molar-refractivity contribution in [2.45, 2.75) is 43.9 Å². The van der Waals surface area contributed by atoms with Crippen LogP contribution in [0, 0.1) is 5.92 Å². The van der Waals surface area contributed by atoms with E-state index in [2.05, 4.69) is 0 Å². The Kier molecular flexibility index (Phi) is 7.06. The summed E-state index contributed by atoms with van der Waals surface area (Å²) in [5.74, 6) is 0.961. The quantitative estimate of drug-likeness (QED) is 0.231. The number of thiophene rings is 2. The largest absolute Gasteiger partial charge is 0.494 e. The maximum atomic E-state index is 13.6. The molecule has 0 amide bonds. The molecule has 3 aliphatic heterocycles. The van der Waals surface area contributed by atoms with Gasteiger partial charge in [-0.15, -0.1) is 0 Å². The molecule has 2 bridgehead atoms. The predicted molar refractivity (Wildman–Crippen MR) is 135 cm³/mol. The highest BCUT2D eigenvalue weighted by molar-refractivity contribution is 7.08. The van der Waals surface area contributed by atoms with Gasteiger partial charge in [0.25, 0.3) is 0 Å². The Bertz CT molecular complexity index is 1010. The predicted octanol–water partition coefficient (Wildman–Crippen LogP) is 5.40. The number of para-hydroxylation sites is 1. The fourth-order valence-corrected chi connectivity index (χ4v) is 6.88. The average molecular weight is 499 g/mol. The van der Waals surface area contributed by atoms with Crippen molar-refractivity contribution in [2.24, 2.45) is 5.92 Å². The number of fused-ring (bicyclic) bond motifs is 3. The SMILES string of the molecule is O=C(O[C@@H]1CC2CC[N+]1(CCCCOc1ccccc1)CC2)C(O)(c1ccsc1)c1ccsc1. The first-order valence-corrected chi connectivity index (χ1v) is 14.0. The molecule has 3 saturated heterocycles. The number of unbranched alkanes of at least 4 members (excludes halogenated alkanes) is 1. The lowest BCUT2D eigenvalue weighted by Gasteiger charge is -2.53. The fraction of sp³-hybridized carbons (Fsp3) is 0.444. The lowest BCUT2D eigenvalue weighted by molar-refractivity contribution is -0.984. The minimum atomic E-state index is -1.76. The van der Waals surface area contributed by atoms with E-state index in [1.54, 1.807) is 0 Å². The maximum absolute atomic E-state index is 13.6. The molecule has 2 aromatic heterocycles. The van der Waals surface area contributed by atoms with Gasteiger partial charge in [-0.25, -0.2) is 4.79 Å². The Morgan fingerprint density at radius 2 is 1.68 bits per heavy atom. The number of quaternary nitrogens is 1. The summed E-state index contributed by atoms with van der Waals surface area (Å²) in [6, 6.07) is 13.5. The lowest BCUT2D eigenvalue weighted by Crippen LogP contribution is -2.66. The Morgan fingerprint density at radius 1 is 1.00 bits per heavy atom. The minimum Gasteiger partial charge on any atom is -0.494 e.